The molecule has 2 aromatic carbocycles. The summed E-state index contributed by atoms with van der Waals surface area (Å²) in [5.41, 5.74) is 4.57. The molecular weight excluding hydrogens is 352 g/mol. The maximum absolute atomic E-state index is 11.2. The lowest BCUT2D eigenvalue weighted by atomic mass is 10.0. The highest BCUT2D eigenvalue weighted by Crippen LogP contribution is 2.25. The number of carbonyl (C=O) groups is 1. The fourth-order valence-electron chi connectivity index (χ4n) is 3.41. The minimum absolute atomic E-state index is 0.239. The summed E-state index contributed by atoms with van der Waals surface area (Å²) < 4.78 is 0. The van der Waals surface area contributed by atoms with E-state index in [4.69, 9.17) is 9.97 Å². The van der Waals surface area contributed by atoms with Gasteiger partial charge in [-0.3, -0.25) is 0 Å². The highest BCUT2D eigenvalue weighted by atomic mass is 16.4. The first-order valence-corrected chi connectivity index (χ1v) is 9.42. The number of nitrogens with zero attached hydrogens (tertiary/aromatic N) is 3. The Kier molecular flexibility index (Phi) is 4.93. The molecular formula is C22H22N4O2. The van der Waals surface area contributed by atoms with Crippen LogP contribution in [0.25, 0.3) is 0 Å². The van der Waals surface area contributed by atoms with Crippen molar-refractivity contribution >= 4 is 23.4 Å². The van der Waals surface area contributed by atoms with Crippen LogP contribution in [0.2, 0.25) is 0 Å². The summed E-state index contributed by atoms with van der Waals surface area (Å²) in [7, 11) is 0. The van der Waals surface area contributed by atoms with Gasteiger partial charge in [-0.2, -0.15) is 4.98 Å². The molecule has 1 aromatic heterocycles. The number of carboxylic acid groups (broad SMARTS) is 1. The first-order valence-electron chi connectivity index (χ1n) is 9.42. The maximum atomic E-state index is 11.2. The SMILES string of the molecule is CCc1cc(Nc2cccc(C(=O)O)c2)nc(N2CCc3ccccc3C2)n1. The number of aromatic carboxylic acids is 1. The summed E-state index contributed by atoms with van der Waals surface area (Å²) in [6.45, 7) is 3.72. The monoisotopic (exact) mass is 374 g/mol. The minimum Gasteiger partial charge on any atom is -0.478 e. The molecule has 0 fully saturated rings. The highest BCUT2D eigenvalue weighted by Gasteiger charge is 2.19. The van der Waals surface area contributed by atoms with Crippen molar-refractivity contribution in [3.63, 3.8) is 0 Å². The molecule has 6 nitrogen and oxygen atoms in total. The second kappa shape index (κ2) is 7.68. The summed E-state index contributed by atoms with van der Waals surface area (Å²) in [6, 6.07) is 17.1. The maximum Gasteiger partial charge on any atom is 0.335 e. The van der Waals surface area contributed by atoms with Crippen LogP contribution in [-0.2, 0) is 19.4 Å². The Balaban J connectivity index is 1.62. The van der Waals surface area contributed by atoms with Crippen molar-refractivity contribution in [2.45, 2.75) is 26.3 Å². The quantitative estimate of drug-likeness (QED) is 0.702. The van der Waals surface area contributed by atoms with Crippen molar-refractivity contribution in [3.05, 3.63) is 77.0 Å². The van der Waals surface area contributed by atoms with E-state index < -0.39 is 5.97 Å². The number of anilines is 3. The number of hydrogen-bond acceptors (Lipinski definition) is 5. The molecule has 0 spiro atoms. The third-order valence-electron chi connectivity index (χ3n) is 4.93. The Morgan fingerprint density at radius 2 is 1.93 bits per heavy atom. The number of fused-ring (bicyclic) bond motifs is 1. The van der Waals surface area contributed by atoms with Crippen LogP contribution in [0.1, 0.15) is 34.1 Å². The zero-order chi connectivity index (χ0) is 19.5. The van der Waals surface area contributed by atoms with Gasteiger partial charge >= 0.3 is 5.97 Å². The van der Waals surface area contributed by atoms with Gasteiger partial charge in [-0.15, -0.1) is 0 Å². The van der Waals surface area contributed by atoms with Gasteiger partial charge in [-0.05, 0) is 42.2 Å². The van der Waals surface area contributed by atoms with Crippen LogP contribution in [0.15, 0.2) is 54.6 Å². The summed E-state index contributed by atoms with van der Waals surface area (Å²) in [5, 5.41) is 12.4. The van der Waals surface area contributed by atoms with Gasteiger partial charge in [0.2, 0.25) is 5.95 Å². The molecule has 0 saturated heterocycles. The smallest absolute Gasteiger partial charge is 0.335 e. The van der Waals surface area contributed by atoms with Crippen LogP contribution < -0.4 is 10.2 Å². The second-order valence-electron chi connectivity index (χ2n) is 6.85. The molecule has 0 radical (unpaired) electrons. The average molecular weight is 374 g/mol. The standard InChI is InChI=1S/C22H22N4O2/c1-2-18-13-20(23-19-9-5-8-16(12-19)21(27)28)25-22(24-18)26-11-10-15-6-3-4-7-17(15)14-26/h3-9,12-13H,2,10-11,14H2,1H3,(H,27,28)(H,23,24,25). The van der Waals surface area contributed by atoms with Gasteiger partial charge in [0.15, 0.2) is 0 Å². The summed E-state index contributed by atoms with van der Waals surface area (Å²) >= 11 is 0. The van der Waals surface area contributed by atoms with Gasteiger partial charge in [0.1, 0.15) is 5.82 Å². The zero-order valence-electron chi connectivity index (χ0n) is 15.7. The number of rotatable bonds is 5. The molecule has 0 aliphatic carbocycles. The van der Waals surface area contributed by atoms with E-state index >= 15 is 0 Å². The Morgan fingerprint density at radius 3 is 2.71 bits per heavy atom. The first-order chi connectivity index (χ1) is 13.6. The molecule has 0 bridgehead atoms. The number of aromatic nitrogens is 2. The van der Waals surface area contributed by atoms with Gasteiger partial charge in [-0.25, -0.2) is 9.78 Å². The van der Waals surface area contributed by atoms with Crippen molar-refractivity contribution in [1.82, 2.24) is 9.97 Å². The third-order valence-corrected chi connectivity index (χ3v) is 4.93. The summed E-state index contributed by atoms with van der Waals surface area (Å²) in [6.07, 6.45) is 1.77. The van der Waals surface area contributed by atoms with E-state index in [1.807, 2.05) is 12.1 Å². The molecule has 0 saturated carbocycles. The molecule has 0 atom stereocenters. The summed E-state index contributed by atoms with van der Waals surface area (Å²) in [5.74, 6) is 0.419. The van der Waals surface area contributed by atoms with Gasteiger partial charge < -0.3 is 15.3 Å². The number of nitrogens with one attached hydrogen (secondary N) is 1. The predicted octanol–water partition coefficient (Wildman–Crippen LogP) is 4.04. The van der Waals surface area contributed by atoms with Gasteiger partial charge in [0, 0.05) is 30.5 Å². The fraction of sp³-hybridized carbons (Fsp3) is 0.227. The topological polar surface area (TPSA) is 78.3 Å². The molecule has 4 rings (SSSR count). The first kappa shape index (κ1) is 18.0. The lowest BCUT2D eigenvalue weighted by Gasteiger charge is -2.29. The molecule has 1 aliphatic heterocycles. The molecule has 28 heavy (non-hydrogen) atoms. The normalized spacial score (nSPS) is 13.1. The van der Waals surface area contributed by atoms with Crippen LogP contribution >= 0.6 is 0 Å². The van der Waals surface area contributed by atoms with E-state index in [1.54, 1.807) is 18.2 Å². The van der Waals surface area contributed by atoms with Crippen molar-refractivity contribution in [2.75, 3.05) is 16.8 Å². The molecule has 2 N–H and O–H groups in total. The molecule has 0 unspecified atom stereocenters. The lowest BCUT2D eigenvalue weighted by Crippen LogP contribution is -2.32. The van der Waals surface area contributed by atoms with E-state index in [-0.39, 0.29) is 5.56 Å². The number of benzene rings is 2. The third kappa shape index (κ3) is 3.81. The van der Waals surface area contributed by atoms with Gasteiger partial charge in [0.05, 0.1) is 5.56 Å². The minimum atomic E-state index is -0.951. The van der Waals surface area contributed by atoms with E-state index in [0.717, 1.165) is 31.6 Å². The Bertz CT molecular complexity index is 1020. The number of hydrogen-bond donors (Lipinski definition) is 2. The van der Waals surface area contributed by atoms with Crippen LogP contribution in [0.5, 0.6) is 0 Å². The molecule has 1 aliphatic rings. The Labute approximate surface area is 163 Å². The largest absolute Gasteiger partial charge is 0.478 e. The number of aryl methyl sites for hydroxylation is 1. The van der Waals surface area contributed by atoms with E-state index in [0.29, 0.717) is 17.5 Å². The van der Waals surface area contributed by atoms with Crippen molar-refractivity contribution < 1.29 is 9.90 Å². The molecule has 2 heterocycles. The summed E-state index contributed by atoms with van der Waals surface area (Å²) in [4.78, 5) is 22.8. The van der Waals surface area contributed by atoms with Crippen LogP contribution in [0, 0.1) is 0 Å². The van der Waals surface area contributed by atoms with Gasteiger partial charge in [0.25, 0.3) is 0 Å². The zero-order valence-corrected chi connectivity index (χ0v) is 15.7. The van der Waals surface area contributed by atoms with E-state index in [9.17, 15) is 9.90 Å². The van der Waals surface area contributed by atoms with Crippen molar-refractivity contribution in [3.8, 4) is 0 Å². The Morgan fingerprint density at radius 1 is 1.11 bits per heavy atom. The Hall–Kier alpha value is -3.41. The average Bonchev–Trinajstić information content (AvgIpc) is 2.73. The van der Waals surface area contributed by atoms with E-state index in [2.05, 4.69) is 41.4 Å². The van der Waals surface area contributed by atoms with Crippen molar-refractivity contribution in [2.24, 2.45) is 0 Å². The fourth-order valence-corrected chi connectivity index (χ4v) is 3.41. The van der Waals surface area contributed by atoms with Gasteiger partial charge in [-0.1, -0.05) is 37.3 Å². The van der Waals surface area contributed by atoms with Crippen molar-refractivity contribution in [1.29, 1.82) is 0 Å². The highest BCUT2D eigenvalue weighted by molar-refractivity contribution is 5.89. The van der Waals surface area contributed by atoms with E-state index in [1.165, 1.54) is 11.1 Å². The van der Waals surface area contributed by atoms with Crippen LogP contribution in [0.3, 0.4) is 0 Å². The molecule has 6 heteroatoms. The predicted molar refractivity (Wildman–Crippen MR) is 109 cm³/mol. The van der Waals surface area contributed by atoms with Crippen LogP contribution in [0.4, 0.5) is 17.5 Å². The number of carboxylic acids is 1. The lowest BCUT2D eigenvalue weighted by molar-refractivity contribution is 0.0697. The molecule has 142 valence electrons. The second-order valence-corrected chi connectivity index (χ2v) is 6.85. The molecule has 0 amide bonds. The molecule has 3 aromatic rings. The van der Waals surface area contributed by atoms with Crippen LogP contribution in [-0.4, -0.2) is 27.6 Å².